The molecule has 0 saturated heterocycles. The molecule has 132 valence electrons. The van der Waals surface area contributed by atoms with Gasteiger partial charge < -0.3 is 9.32 Å². The molecular weight excluding hydrogens is 363 g/mol. The molecule has 3 aromatic rings. The first-order valence-electron chi connectivity index (χ1n) is 7.73. The van der Waals surface area contributed by atoms with E-state index in [0.29, 0.717) is 17.0 Å². The average molecular weight is 375 g/mol. The van der Waals surface area contributed by atoms with Gasteiger partial charge in [0.05, 0.1) is 22.5 Å². The molecule has 0 unspecified atom stereocenters. The van der Waals surface area contributed by atoms with Crippen molar-refractivity contribution in [2.24, 2.45) is 0 Å². The highest BCUT2D eigenvalue weighted by molar-refractivity contribution is 8.02. The zero-order valence-corrected chi connectivity index (χ0v) is 14.1. The molecule has 1 aromatic heterocycles. The van der Waals surface area contributed by atoms with Crippen molar-refractivity contribution in [3.8, 4) is 11.3 Å². The van der Waals surface area contributed by atoms with E-state index in [2.05, 4.69) is 0 Å². The monoisotopic (exact) mass is 375 g/mol. The minimum Gasteiger partial charge on any atom is -0.454 e. The summed E-state index contributed by atoms with van der Waals surface area (Å²) >= 11 is 1.57. The summed E-state index contributed by atoms with van der Waals surface area (Å²) in [6.07, 6.45) is -2.70. The van der Waals surface area contributed by atoms with E-state index in [1.54, 1.807) is 30.0 Å². The first-order chi connectivity index (χ1) is 12.4. The Bertz CT molecular complexity index is 1070. The van der Waals surface area contributed by atoms with Crippen LogP contribution < -0.4 is 10.3 Å². The van der Waals surface area contributed by atoms with E-state index < -0.39 is 11.7 Å². The third-order valence-electron chi connectivity index (χ3n) is 4.09. The van der Waals surface area contributed by atoms with Crippen LogP contribution in [0.1, 0.15) is 5.56 Å². The Balaban J connectivity index is 1.98. The molecule has 0 spiro atoms. The average Bonchev–Trinajstić information content (AvgIpc) is 3.15. The standard InChI is InChI=1S/C19H12F3NO2S/c20-19(21,22)14-6-2-1-4-12(14)17-10-16(24)13-5-3-7-15(18(13)25-17)23-8-9-26-11-23/h1-10H,11H2. The van der Waals surface area contributed by atoms with Gasteiger partial charge in [-0.25, -0.2) is 0 Å². The Labute approximate surface area is 150 Å². The molecule has 0 radical (unpaired) electrons. The van der Waals surface area contributed by atoms with Crippen LogP contribution >= 0.6 is 11.8 Å². The quantitative estimate of drug-likeness (QED) is 0.595. The molecule has 2 aromatic carbocycles. The number of anilines is 1. The number of benzene rings is 2. The Hall–Kier alpha value is -2.67. The third-order valence-corrected chi connectivity index (χ3v) is 4.83. The van der Waals surface area contributed by atoms with E-state index in [-0.39, 0.29) is 22.3 Å². The summed E-state index contributed by atoms with van der Waals surface area (Å²) in [7, 11) is 0. The molecule has 0 fully saturated rings. The molecule has 26 heavy (non-hydrogen) atoms. The van der Waals surface area contributed by atoms with Gasteiger partial charge in [0, 0.05) is 17.8 Å². The van der Waals surface area contributed by atoms with Gasteiger partial charge in [-0.1, -0.05) is 24.3 Å². The van der Waals surface area contributed by atoms with Crippen LogP contribution in [0.25, 0.3) is 22.3 Å². The van der Waals surface area contributed by atoms with Crippen molar-refractivity contribution in [3.63, 3.8) is 0 Å². The molecule has 2 heterocycles. The van der Waals surface area contributed by atoms with Gasteiger partial charge in [-0.05, 0) is 23.6 Å². The fourth-order valence-electron chi connectivity index (χ4n) is 2.90. The molecule has 1 aliphatic rings. The van der Waals surface area contributed by atoms with E-state index >= 15 is 0 Å². The van der Waals surface area contributed by atoms with Gasteiger partial charge >= 0.3 is 6.18 Å². The van der Waals surface area contributed by atoms with Gasteiger partial charge in [-0.3, -0.25) is 4.79 Å². The first-order valence-corrected chi connectivity index (χ1v) is 8.78. The van der Waals surface area contributed by atoms with E-state index in [4.69, 9.17) is 4.42 Å². The van der Waals surface area contributed by atoms with E-state index in [0.717, 1.165) is 12.1 Å². The molecule has 0 saturated carbocycles. The smallest absolute Gasteiger partial charge is 0.417 e. The van der Waals surface area contributed by atoms with Gasteiger partial charge in [-0.15, -0.1) is 11.8 Å². The van der Waals surface area contributed by atoms with Crippen molar-refractivity contribution in [3.05, 3.63) is 75.9 Å². The molecule has 0 amide bonds. The molecule has 3 nitrogen and oxygen atoms in total. The van der Waals surface area contributed by atoms with Crippen molar-refractivity contribution in [1.29, 1.82) is 0 Å². The lowest BCUT2D eigenvalue weighted by Crippen LogP contribution is -2.13. The van der Waals surface area contributed by atoms with E-state index in [9.17, 15) is 18.0 Å². The van der Waals surface area contributed by atoms with Gasteiger partial charge in [0.25, 0.3) is 0 Å². The van der Waals surface area contributed by atoms with E-state index in [1.807, 2.05) is 16.5 Å². The minimum absolute atomic E-state index is 0.0984. The topological polar surface area (TPSA) is 33.5 Å². The number of thioether (sulfide) groups is 1. The van der Waals surface area contributed by atoms with Crippen LogP contribution in [0.15, 0.2) is 69.4 Å². The summed E-state index contributed by atoms with van der Waals surface area (Å²) in [6.45, 7) is 0. The van der Waals surface area contributed by atoms with Crippen molar-refractivity contribution >= 4 is 28.4 Å². The van der Waals surface area contributed by atoms with Gasteiger partial charge in [-0.2, -0.15) is 13.2 Å². The lowest BCUT2D eigenvalue weighted by atomic mass is 10.0. The molecule has 0 aliphatic carbocycles. The molecule has 7 heteroatoms. The first kappa shape index (κ1) is 16.8. The van der Waals surface area contributed by atoms with Gasteiger partial charge in [0.15, 0.2) is 11.0 Å². The predicted octanol–water partition coefficient (Wildman–Crippen LogP) is 5.46. The second-order valence-corrected chi connectivity index (χ2v) is 6.59. The Morgan fingerprint density at radius 2 is 1.88 bits per heavy atom. The second-order valence-electron chi connectivity index (χ2n) is 5.72. The number of rotatable bonds is 2. The third kappa shape index (κ3) is 2.88. The summed E-state index contributed by atoms with van der Waals surface area (Å²) < 4.78 is 45.8. The highest BCUT2D eigenvalue weighted by Gasteiger charge is 2.34. The summed E-state index contributed by atoms with van der Waals surface area (Å²) in [6, 6.07) is 11.3. The summed E-state index contributed by atoms with van der Waals surface area (Å²) in [5.74, 6) is 0.547. The number of alkyl halides is 3. The van der Waals surface area contributed by atoms with Gasteiger partial charge in [0.2, 0.25) is 0 Å². The molecular formula is C19H12F3NO2S. The summed E-state index contributed by atoms with van der Waals surface area (Å²) in [5, 5.41) is 2.24. The summed E-state index contributed by atoms with van der Waals surface area (Å²) in [5.41, 5.74) is -0.445. The molecule has 1 aliphatic heterocycles. The minimum atomic E-state index is -4.54. The van der Waals surface area contributed by atoms with Crippen LogP contribution in [0.3, 0.4) is 0 Å². The number of halogens is 3. The number of hydrogen-bond donors (Lipinski definition) is 0. The zero-order chi connectivity index (χ0) is 18.3. The normalized spacial score (nSPS) is 14.3. The molecule has 0 atom stereocenters. The van der Waals surface area contributed by atoms with Crippen molar-refractivity contribution in [2.45, 2.75) is 6.18 Å². The maximum atomic E-state index is 13.3. The van der Waals surface area contributed by atoms with Crippen molar-refractivity contribution in [1.82, 2.24) is 0 Å². The molecule has 4 rings (SSSR count). The Morgan fingerprint density at radius 1 is 1.08 bits per heavy atom. The van der Waals surface area contributed by atoms with E-state index in [1.165, 1.54) is 18.2 Å². The van der Waals surface area contributed by atoms with Crippen LogP contribution in [0, 0.1) is 0 Å². The zero-order valence-electron chi connectivity index (χ0n) is 13.3. The van der Waals surface area contributed by atoms with Crippen molar-refractivity contribution in [2.75, 3.05) is 10.8 Å². The Kier molecular flexibility index (Phi) is 4.03. The van der Waals surface area contributed by atoms with Crippen LogP contribution in [-0.4, -0.2) is 5.88 Å². The van der Waals surface area contributed by atoms with Crippen molar-refractivity contribution < 1.29 is 17.6 Å². The van der Waals surface area contributed by atoms with Gasteiger partial charge in [0.1, 0.15) is 5.76 Å². The molecule has 0 N–H and O–H groups in total. The maximum absolute atomic E-state index is 13.3. The fourth-order valence-corrected chi connectivity index (χ4v) is 3.60. The van der Waals surface area contributed by atoms with Crippen LogP contribution in [0.4, 0.5) is 18.9 Å². The number of para-hydroxylation sites is 1. The fraction of sp³-hybridized carbons (Fsp3) is 0.105. The lowest BCUT2D eigenvalue weighted by molar-refractivity contribution is -0.137. The molecule has 0 bridgehead atoms. The lowest BCUT2D eigenvalue weighted by Gasteiger charge is -2.17. The second kappa shape index (κ2) is 6.25. The largest absolute Gasteiger partial charge is 0.454 e. The number of hydrogen-bond acceptors (Lipinski definition) is 4. The SMILES string of the molecule is O=c1cc(-c2ccccc2C(F)(F)F)oc2c(N3C=CSC3)cccc12. The van der Waals surface area contributed by atoms with Crippen LogP contribution in [0.5, 0.6) is 0 Å². The predicted molar refractivity (Wildman–Crippen MR) is 97.0 cm³/mol. The maximum Gasteiger partial charge on any atom is 0.417 e. The number of fused-ring (bicyclic) bond motifs is 1. The highest BCUT2D eigenvalue weighted by Crippen LogP contribution is 2.38. The summed E-state index contributed by atoms with van der Waals surface area (Å²) in [4.78, 5) is 14.4. The van der Waals surface area contributed by atoms with Crippen LogP contribution in [-0.2, 0) is 6.18 Å². The van der Waals surface area contributed by atoms with Crippen LogP contribution in [0.2, 0.25) is 0 Å². The number of nitrogens with zero attached hydrogens (tertiary/aromatic N) is 1. The Morgan fingerprint density at radius 3 is 2.62 bits per heavy atom. The highest BCUT2D eigenvalue weighted by atomic mass is 32.2.